The fraction of sp³-hybridized carbons (Fsp3) is 0.667. The zero-order valence-electron chi connectivity index (χ0n) is 8.15. The van der Waals surface area contributed by atoms with E-state index in [2.05, 4.69) is 4.74 Å². The van der Waals surface area contributed by atoms with Gasteiger partial charge in [0.05, 0.1) is 13.0 Å². The van der Waals surface area contributed by atoms with Crippen molar-refractivity contribution in [1.82, 2.24) is 0 Å². The molecule has 0 N–H and O–H groups in total. The Hall–Kier alpha value is -1.00. The third kappa shape index (κ3) is 5.61. The number of allylic oxidation sites excluding steroid dienone is 1. The second-order valence-electron chi connectivity index (χ2n) is 2.65. The molecule has 0 bridgehead atoms. The second-order valence-corrected chi connectivity index (χ2v) is 2.65. The molecule has 0 aliphatic carbocycles. The minimum atomic E-state index is -4.37. The first-order chi connectivity index (χ1) is 6.40. The molecule has 0 unspecified atom stereocenters. The van der Waals surface area contributed by atoms with Gasteiger partial charge in [0, 0.05) is 5.57 Å². The lowest BCUT2D eigenvalue weighted by atomic mass is 10.1. The normalized spacial score (nSPS) is 12.8. The van der Waals surface area contributed by atoms with E-state index in [0.29, 0.717) is 6.42 Å². The molecule has 0 aromatic rings. The third-order valence-corrected chi connectivity index (χ3v) is 1.38. The van der Waals surface area contributed by atoms with E-state index in [1.165, 1.54) is 6.08 Å². The summed E-state index contributed by atoms with van der Waals surface area (Å²) in [6.07, 6.45) is -3.97. The van der Waals surface area contributed by atoms with Gasteiger partial charge in [0.2, 0.25) is 0 Å². The molecule has 82 valence electrons. The van der Waals surface area contributed by atoms with Crippen LogP contribution < -0.4 is 0 Å². The predicted octanol–water partition coefficient (Wildman–Crippen LogP) is 2.84. The van der Waals surface area contributed by atoms with Crippen LogP contribution in [-0.2, 0) is 9.53 Å². The van der Waals surface area contributed by atoms with Crippen LogP contribution in [0.5, 0.6) is 0 Å². The maximum absolute atomic E-state index is 12.0. The van der Waals surface area contributed by atoms with Gasteiger partial charge in [0.1, 0.15) is 0 Å². The second kappa shape index (κ2) is 5.67. The quantitative estimate of drug-likeness (QED) is 0.526. The fourth-order valence-electron chi connectivity index (χ4n) is 0.914. The molecule has 0 radical (unpaired) electrons. The highest BCUT2D eigenvalue weighted by Gasteiger charge is 2.31. The monoisotopic (exact) mass is 210 g/mol. The molecule has 5 heteroatoms. The Labute approximate surface area is 80.7 Å². The zero-order chi connectivity index (χ0) is 11.2. The highest BCUT2D eigenvalue weighted by Crippen LogP contribution is 2.25. The van der Waals surface area contributed by atoms with E-state index in [0.717, 1.165) is 0 Å². The number of hydrogen-bond donors (Lipinski definition) is 0. The Kier molecular flexibility index (Phi) is 5.27. The van der Waals surface area contributed by atoms with Crippen molar-refractivity contribution in [3.8, 4) is 0 Å². The number of carbonyl (C=O) groups excluding carboxylic acids is 1. The lowest BCUT2D eigenvalue weighted by molar-refractivity contribution is -0.147. The first-order valence-electron chi connectivity index (χ1n) is 4.33. The van der Waals surface area contributed by atoms with Crippen molar-refractivity contribution in [2.45, 2.75) is 32.9 Å². The number of rotatable bonds is 4. The van der Waals surface area contributed by atoms with Gasteiger partial charge in [0.25, 0.3) is 0 Å². The summed E-state index contributed by atoms with van der Waals surface area (Å²) < 4.78 is 40.4. The Morgan fingerprint density at radius 2 is 1.93 bits per heavy atom. The molecule has 0 saturated heterocycles. The Bertz CT molecular complexity index is 219. The van der Waals surface area contributed by atoms with Crippen molar-refractivity contribution in [2.24, 2.45) is 0 Å². The Morgan fingerprint density at radius 3 is 2.29 bits per heavy atom. The van der Waals surface area contributed by atoms with Gasteiger partial charge in [-0.05, 0) is 13.3 Å². The van der Waals surface area contributed by atoms with Crippen LogP contribution in [0.15, 0.2) is 11.6 Å². The SMILES string of the molecule is CCC=C(CC(F)(F)F)C(=O)OCC. The maximum Gasteiger partial charge on any atom is 0.393 e. The van der Waals surface area contributed by atoms with E-state index in [4.69, 9.17) is 0 Å². The molecular formula is C9H13F3O2. The summed E-state index contributed by atoms with van der Waals surface area (Å²) in [5.41, 5.74) is -0.318. The molecular weight excluding hydrogens is 197 g/mol. The van der Waals surface area contributed by atoms with Gasteiger partial charge in [-0.2, -0.15) is 13.2 Å². The van der Waals surface area contributed by atoms with Gasteiger partial charge >= 0.3 is 12.1 Å². The summed E-state index contributed by atoms with van der Waals surface area (Å²) in [5, 5.41) is 0. The lowest BCUT2D eigenvalue weighted by Gasteiger charge is -2.09. The van der Waals surface area contributed by atoms with Gasteiger partial charge < -0.3 is 4.74 Å². The molecule has 0 aromatic heterocycles. The Morgan fingerprint density at radius 1 is 1.36 bits per heavy atom. The van der Waals surface area contributed by atoms with E-state index in [9.17, 15) is 18.0 Å². The number of alkyl halides is 3. The van der Waals surface area contributed by atoms with Gasteiger partial charge in [-0.3, -0.25) is 0 Å². The van der Waals surface area contributed by atoms with Gasteiger partial charge in [0.15, 0.2) is 0 Å². The summed E-state index contributed by atoms with van der Waals surface area (Å²) in [5.74, 6) is -0.883. The van der Waals surface area contributed by atoms with Crippen LogP contribution in [0, 0.1) is 0 Å². The molecule has 14 heavy (non-hydrogen) atoms. The van der Waals surface area contributed by atoms with Crippen LogP contribution in [0.1, 0.15) is 26.7 Å². The minimum Gasteiger partial charge on any atom is -0.463 e. The largest absolute Gasteiger partial charge is 0.463 e. The molecule has 0 saturated carbocycles. The number of hydrogen-bond acceptors (Lipinski definition) is 2. The molecule has 0 aliphatic rings. The molecule has 0 atom stereocenters. The number of esters is 1. The van der Waals surface area contributed by atoms with Crippen LogP contribution in [0.3, 0.4) is 0 Å². The van der Waals surface area contributed by atoms with Crippen LogP contribution in [0.2, 0.25) is 0 Å². The van der Waals surface area contributed by atoms with Crippen LogP contribution >= 0.6 is 0 Å². The molecule has 0 spiro atoms. The number of carbonyl (C=O) groups is 1. The third-order valence-electron chi connectivity index (χ3n) is 1.38. The van der Waals surface area contributed by atoms with Crippen LogP contribution in [0.25, 0.3) is 0 Å². The molecule has 0 rings (SSSR count). The number of halogens is 3. The molecule has 2 nitrogen and oxygen atoms in total. The Balaban J connectivity index is 4.46. The van der Waals surface area contributed by atoms with Gasteiger partial charge in [-0.15, -0.1) is 0 Å². The zero-order valence-corrected chi connectivity index (χ0v) is 8.15. The van der Waals surface area contributed by atoms with E-state index in [1.807, 2.05) is 0 Å². The fourth-order valence-corrected chi connectivity index (χ4v) is 0.914. The molecule has 0 amide bonds. The van der Waals surface area contributed by atoms with Crippen molar-refractivity contribution in [3.05, 3.63) is 11.6 Å². The smallest absolute Gasteiger partial charge is 0.393 e. The molecule has 0 heterocycles. The summed E-state index contributed by atoms with van der Waals surface area (Å²) in [7, 11) is 0. The van der Waals surface area contributed by atoms with E-state index in [-0.39, 0.29) is 12.2 Å². The maximum atomic E-state index is 12.0. The lowest BCUT2D eigenvalue weighted by Crippen LogP contribution is -2.16. The number of ether oxygens (including phenoxy) is 1. The summed E-state index contributed by atoms with van der Waals surface area (Å²) >= 11 is 0. The van der Waals surface area contributed by atoms with Gasteiger partial charge in [-0.25, -0.2) is 4.79 Å². The van der Waals surface area contributed by atoms with E-state index < -0.39 is 18.6 Å². The first-order valence-corrected chi connectivity index (χ1v) is 4.33. The molecule has 0 aliphatic heterocycles. The highest BCUT2D eigenvalue weighted by molar-refractivity contribution is 5.88. The van der Waals surface area contributed by atoms with E-state index in [1.54, 1.807) is 13.8 Å². The van der Waals surface area contributed by atoms with E-state index >= 15 is 0 Å². The standard InChI is InChI=1S/C9H13F3O2/c1-3-5-7(6-9(10,11)12)8(13)14-4-2/h5H,3-4,6H2,1-2H3. The van der Waals surface area contributed by atoms with Crippen molar-refractivity contribution in [1.29, 1.82) is 0 Å². The summed E-state index contributed by atoms with van der Waals surface area (Å²) in [4.78, 5) is 11.0. The average Bonchev–Trinajstić information content (AvgIpc) is 2.01. The van der Waals surface area contributed by atoms with Crippen LogP contribution in [-0.4, -0.2) is 18.8 Å². The highest BCUT2D eigenvalue weighted by atomic mass is 19.4. The minimum absolute atomic E-state index is 0.0811. The first kappa shape index (κ1) is 13.0. The molecule has 0 fully saturated rings. The average molecular weight is 210 g/mol. The van der Waals surface area contributed by atoms with Crippen molar-refractivity contribution in [2.75, 3.05) is 6.61 Å². The predicted molar refractivity (Wildman–Crippen MR) is 45.7 cm³/mol. The van der Waals surface area contributed by atoms with Crippen molar-refractivity contribution < 1.29 is 22.7 Å². The van der Waals surface area contributed by atoms with Crippen LogP contribution in [0.4, 0.5) is 13.2 Å². The summed E-state index contributed by atoms with van der Waals surface area (Å²) in [6, 6.07) is 0. The topological polar surface area (TPSA) is 26.3 Å². The summed E-state index contributed by atoms with van der Waals surface area (Å²) in [6.45, 7) is 3.29. The molecule has 0 aromatic carbocycles. The van der Waals surface area contributed by atoms with Crippen molar-refractivity contribution in [3.63, 3.8) is 0 Å². The van der Waals surface area contributed by atoms with Crippen molar-refractivity contribution >= 4 is 5.97 Å². The van der Waals surface area contributed by atoms with Gasteiger partial charge in [-0.1, -0.05) is 13.0 Å².